The van der Waals surface area contributed by atoms with E-state index in [1.165, 1.54) is 18.0 Å². The summed E-state index contributed by atoms with van der Waals surface area (Å²) in [5.74, 6) is -2.18. The van der Waals surface area contributed by atoms with Gasteiger partial charge in [-0.1, -0.05) is 19.1 Å². The highest BCUT2D eigenvalue weighted by molar-refractivity contribution is 6.06. The number of anilines is 1. The maximum absolute atomic E-state index is 12.8. The van der Waals surface area contributed by atoms with Gasteiger partial charge in [0.1, 0.15) is 6.07 Å². The van der Waals surface area contributed by atoms with Crippen LogP contribution in [0.3, 0.4) is 0 Å². The lowest BCUT2D eigenvalue weighted by Crippen LogP contribution is -2.37. The Morgan fingerprint density at radius 2 is 2.04 bits per heavy atom. The molecule has 0 spiro atoms. The average Bonchev–Trinajstić information content (AvgIpc) is 2.59. The molecule has 1 heterocycles. The molecule has 1 aromatic heterocycles. The number of carboxylic acids is 1. The van der Waals surface area contributed by atoms with Gasteiger partial charge in [-0.15, -0.1) is 0 Å². The molecule has 6 heteroatoms. The molecule has 0 saturated heterocycles. The second-order valence-electron chi connectivity index (χ2n) is 5.03. The number of carbonyl (C=O) groups is 2. The van der Waals surface area contributed by atoms with E-state index in [4.69, 9.17) is 5.11 Å². The second-order valence-corrected chi connectivity index (χ2v) is 5.03. The number of hydrogen-bond donors (Lipinski definition) is 1. The zero-order valence-electron chi connectivity index (χ0n) is 12.5. The van der Waals surface area contributed by atoms with Crippen LogP contribution < -0.4 is 4.90 Å². The molecule has 1 unspecified atom stereocenters. The highest BCUT2D eigenvalue weighted by Crippen LogP contribution is 2.23. The Kier molecular flexibility index (Phi) is 5.05. The number of amides is 1. The third-order valence-corrected chi connectivity index (χ3v) is 3.35. The number of pyridine rings is 1. The zero-order valence-corrected chi connectivity index (χ0v) is 12.5. The Hall–Kier alpha value is -3.20. The first kappa shape index (κ1) is 16.2. The minimum Gasteiger partial charge on any atom is -0.481 e. The fourth-order valence-corrected chi connectivity index (χ4v) is 2.09. The highest BCUT2D eigenvalue weighted by atomic mass is 16.4. The minimum absolute atomic E-state index is 0.0399. The van der Waals surface area contributed by atoms with Crippen molar-refractivity contribution in [2.75, 3.05) is 11.4 Å². The standard InChI is InChI=1S/C17H15N3O3/c1-12(17(22)23)11-20(15-7-3-2-5-13(15)9-18)16(21)14-6-4-8-19-10-14/h2-8,10,12H,11H2,1H3,(H,22,23). The fourth-order valence-electron chi connectivity index (χ4n) is 2.09. The van der Waals surface area contributed by atoms with Gasteiger partial charge in [0.25, 0.3) is 5.91 Å². The van der Waals surface area contributed by atoms with E-state index in [0.717, 1.165) is 0 Å². The Bertz CT molecular complexity index is 753. The van der Waals surface area contributed by atoms with Gasteiger partial charge in [-0.25, -0.2) is 0 Å². The summed E-state index contributed by atoms with van der Waals surface area (Å²) in [7, 11) is 0. The maximum Gasteiger partial charge on any atom is 0.308 e. The van der Waals surface area contributed by atoms with Crippen LogP contribution in [0.1, 0.15) is 22.8 Å². The molecule has 0 fully saturated rings. The molecule has 1 atom stereocenters. The Labute approximate surface area is 133 Å². The van der Waals surface area contributed by atoms with E-state index in [1.807, 2.05) is 6.07 Å². The number of carboxylic acid groups (broad SMARTS) is 1. The van der Waals surface area contributed by atoms with Crippen molar-refractivity contribution in [3.05, 3.63) is 59.9 Å². The summed E-state index contributed by atoms with van der Waals surface area (Å²) in [6, 6.07) is 11.9. The normalized spacial score (nSPS) is 11.3. The van der Waals surface area contributed by atoms with Crippen LogP contribution in [0.25, 0.3) is 0 Å². The molecule has 1 amide bonds. The van der Waals surface area contributed by atoms with Crippen LogP contribution in [-0.2, 0) is 4.79 Å². The molecule has 0 bridgehead atoms. The van der Waals surface area contributed by atoms with Crippen LogP contribution in [-0.4, -0.2) is 28.5 Å². The zero-order chi connectivity index (χ0) is 16.8. The predicted octanol–water partition coefficient (Wildman–Crippen LogP) is 2.32. The lowest BCUT2D eigenvalue weighted by molar-refractivity contribution is -0.140. The van der Waals surface area contributed by atoms with E-state index < -0.39 is 17.8 Å². The lowest BCUT2D eigenvalue weighted by atomic mass is 10.1. The quantitative estimate of drug-likeness (QED) is 0.914. The third-order valence-electron chi connectivity index (χ3n) is 3.35. The van der Waals surface area contributed by atoms with Gasteiger partial charge in [0.15, 0.2) is 0 Å². The van der Waals surface area contributed by atoms with Crippen LogP contribution in [0, 0.1) is 17.2 Å². The summed E-state index contributed by atoms with van der Waals surface area (Å²) < 4.78 is 0. The van der Waals surface area contributed by atoms with Gasteiger partial charge in [0.2, 0.25) is 0 Å². The van der Waals surface area contributed by atoms with E-state index >= 15 is 0 Å². The van der Waals surface area contributed by atoms with Crippen molar-refractivity contribution in [1.29, 1.82) is 5.26 Å². The molecule has 116 valence electrons. The first-order valence-electron chi connectivity index (χ1n) is 6.98. The molecule has 1 N–H and O–H groups in total. The van der Waals surface area contributed by atoms with Crippen molar-refractivity contribution >= 4 is 17.6 Å². The van der Waals surface area contributed by atoms with Crippen LogP contribution >= 0.6 is 0 Å². The number of nitrogens with zero attached hydrogens (tertiary/aromatic N) is 3. The number of carbonyl (C=O) groups excluding carboxylic acids is 1. The van der Waals surface area contributed by atoms with E-state index in [9.17, 15) is 14.9 Å². The number of nitriles is 1. The molecule has 0 saturated carbocycles. The van der Waals surface area contributed by atoms with Gasteiger partial charge in [-0.3, -0.25) is 14.6 Å². The van der Waals surface area contributed by atoms with Crippen LogP contribution in [0.5, 0.6) is 0 Å². The smallest absolute Gasteiger partial charge is 0.308 e. The first-order chi connectivity index (χ1) is 11.0. The Morgan fingerprint density at radius 3 is 2.65 bits per heavy atom. The maximum atomic E-state index is 12.8. The summed E-state index contributed by atoms with van der Waals surface area (Å²) in [5, 5.41) is 18.4. The van der Waals surface area contributed by atoms with E-state index in [2.05, 4.69) is 4.98 Å². The molecule has 0 aliphatic heterocycles. The summed E-state index contributed by atoms with van der Waals surface area (Å²) in [5.41, 5.74) is 1.03. The van der Waals surface area contributed by atoms with Gasteiger partial charge in [-0.2, -0.15) is 5.26 Å². The van der Waals surface area contributed by atoms with E-state index in [1.54, 1.807) is 42.6 Å². The van der Waals surface area contributed by atoms with E-state index in [-0.39, 0.29) is 6.54 Å². The molecule has 6 nitrogen and oxygen atoms in total. The van der Waals surface area contributed by atoms with Gasteiger partial charge >= 0.3 is 5.97 Å². The monoisotopic (exact) mass is 309 g/mol. The molecule has 0 aliphatic carbocycles. The SMILES string of the molecule is CC(CN(C(=O)c1cccnc1)c1ccccc1C#N)C(=O)O. The average molecular weight is 309 g/mol. The van der Waals surface area contributed by atoms with Crippen molar-refractivity contribution < 1.29 is 14.7 Å². The van der Waals surface area contributed by atoms with Crippen LogP contribution in [0.4, 0.5) is 5.69 Å². The van der Waals surface area contributed by atoms with Crippen LogP contribution in [0.2, 0.25) is 0 Å². The fraction of sp³-hybridized carbons (Fsp3) is 0.176. The van der Waals surface area contributed by atoms with Gasteiger partial charge in [0, 0.05) is 18.9 Å². The molecule has 2 rings (SSSR count). The van der Waals surface area contributed by atoms with Crippen molar-refractivity contribution in [3.8, 4) is 6.07 Å². The third kappa shape index (κ3) is 3.71. The molecule has 2 aromatic rings. The number of aromatic nitrogens is 1. The summed E-state index contributed by atoms with van der Waals surface area (Å²) in [6.07, 6.45) is 2.96. The summed E-state index contributed by atoms with van der Waals surface area (Å²) >= 11 is 0. The number of hydrogen-bond acceptors (Lipinski definition) is 4. The number of aliphatic carboxylic acids is 1. The molecular weight excluding hydrogens is 294 g/mol. The number of benzene rings is 1. The minimum atomic E-state index is -1.01. The largest absolute Gasteiger partial charge is 0.481 e. The molecule has 0 aliphatic rings. The Morgan fingerprint density at radius 1 is 1.30 bits per heavy atom. The highest BCUT2D eigenvalue weighted by Gasteiger charge is 2.25. The summed E-state index contributed by atoms with van der Waals surface area (Å²) in [6.45, 7) is 1.47. The van der Waals surface area contributed by atoms with Crippen molar-refractivity contribution in [2.45, 2.75) is 6.92 Å². The molecule has 1 aromatic carbocycles. The topological polar surface area (TPSA) is 94.3 Å². The van der Waals surface area contributed by atoms with Gasteiger partial charge < -0.3 is 10.0 Å². The lowest BCUT2D eigenvalue weighted by Gasteiger charge is -2.25. The number of rotatable bonds is 5. The number of para-hydroxylation sites is 1. The molecular formula is C17H15N3O3. The van der Waals surface area contributed by atoms with Gasteiger partial charge in [0.05, 0.1) is 22.7 Å². The Balaban J connectivity index is 2.46. The molecule has 0 radical (unpaired) electrons. The van der Waals surface area contributed by atoms with E-state index in [0.29, 0.717) is 16.8 Å². The van der Waals surface area contributed by atoms with Crippen molar-refractivity contribution in [3.63, 3.8) is 0 Å². The van der Waals surface area contributed by atoms with Crippen molar-refractivity contribution in [2.24, 2.45) is 5.92 Å². The first-order valence-corrected chi connectivity index (χ1v) is 6.98. The van der Waals surface area contributed by atoms with Crippen molar-refractivity contribution in [1.82, 2.24) is 4.98 Å². The predicted molar refractivity (Wildman–Crippen MR) is 83.9 cm³/mol. The van der Waals surface area contributed by atoms with Gasteiger partial charge in [-0.05, 0) is 24.3 Å². The molecule has 23 heavy (non-hydrogen) atoms. The van der Waals surface area contributed by atoms with Crippen LogP contribution in [0.15, 0.2) is 48.8 Å². The second kappa shape index (κ2) is 7.18. The summed E-state index contributed by atoms with van der Waals surface area (Å²) in [4.78, 5) is 29.1.